The van der Waals surface area contributed by atoms with E-state index in [0.717, 1.165) is 19.5 Å². The SMILES string of the molecule is Clc1cc2c(s1)C(Br)=NCN2Cl. The number of fused-ring (bicyclic) bond motifs is 1. The van der Waals surface area contributed by atoms with E-state index in [0.29, 0.717) is 6.67 Å². The normalized spacial score (nSPS) is 15.9. The van der Waals surface area contributed by atoms with Crippen molar-refractivity contribution >= 4 is 61.0 Å². The molecule has 0 fully saturated rings. The van der Waals surface area contributed by atoms with E-state index in [1.165, 1.54) is 11.3 Å². The molecule has 2 heterocycles. The molecule has 64 valence electrons. The summed E-state index contributed by atoms with van der Waals surface area (Å²) >= 11 is 16.5. The third kappa shape index (κ3) is 1.37. The van der Waals surface area contributed by atoms with Crippen molar-refractivity contribution in [1.29, 1.82) is 0 Å². The second-order valence-electron chi connectivity index (χ2n) is 2.22. The molecule has 1 aromatic heterocycles. The minimum absolute atomic E-state index is 0.461. The van der Waals surface area contributed by atoms with E-state index in [1.807, 2.05) is 6.07 Å². The Morgan fingerprint density at radius 2 is 2.42 bits per heavy atom. The van der Waals surface area contributed by atoms with Gasteiger partial charge in [0, 0.05) is 11.8 Å². The molecule has 0 saturated heterocycles. The Morgan fingerprint density at radius 3 is 3.08 bits per heavy atom. The van der Waals surface area contributed by atoms with Gasteiger partial charge in [-0.2, -0.15) is 0 Å². The fourth-order valence-electron chi connectivity index (χ4n) is 0.952. The van der Waals surface area contributed by atoms with Gasteiger partial charge in [0.1, 0.15) is 11.3 Å². The molecule has 0 amide bonds. The lowest BCUT2D eigenvalue weighted by Gasteiger charge is -2.17. The van der Waals surface area contributed by atoms with Gasteiger partial charge in [0.05, 0.1) is 14.9 Å². The van der Waals surface area contributed by atoms with E-state index in [4.69, 9.17) is 23.4 Å². The summed E-state index contributed by atoms with van der Waals surface area (Å²) in [6.07, 6.45) is 0. The van der Waals surface area contributed by atoms with Crippen molar-refractivity contribution in [2.45, 2.75) is 0 Å². The Labute approximate surface area is 92.0 Å². The lowest BCUT2D eigenvalue weighted by molar-refractivity contribution is 1.04. The van der Waals surface area contributed by atoms with Gasteiger partial charge in [0.2, 0.25) is 0 Å². The molecular weight excluding hydrogens is 283 g/mol. The van der Waals surface area contributed by atoms with E-state index in [9.17, 15) is 0 Å². The van der Waals surface area contributed by atoms with Crippen LogP contribution in [0.5, 0.6) is 0 Å². The maximum absolute atomic E-state index is 5.88. The number of aliphatic imine (C=N–C) groups is 1. The second-order valence-corrected chi connectivity index (χ2v) is 5.06. The maximum Gasteiger partial charge on any atom is 0.127 e. The van der Waals surface area contributed by atoms with E-state index in [-0.39, 0.29) is 0 Å². The van der Waals surface area contributed by atoms with Crippen LogP contribution in [-0.4, -0.2) is 11.3 Å². The smallest absolute Gasteiger partial charge is 0.127 e. The molecule has 0 spiro atoms. The number of nitrogens with zero attached hydrogens (tertiary/aromatic N) is 2. The Morgan fingerprint density at radius 1 is 1.67 bits per heavy atom. The molecule has 0 aromatic carbocycles. The van der Waals surface area contributed by atoms with Gasteiger partial charge < -0.3 is 0 Å². The lowest BCUT2D eigenvalue weighted by Crippen LogP contribution is -2.16. The van der Waals surface area contributed by atoms with Crippen LogP contribution in [0.3, 0.4) is 0 Å². The van der Waals surface area contributed by atoms with Gasteiger partial charge in [-0.05, 0) is 22.0 Å². The van der Waals surface area contributed by atoms with Gasteiger partial charge in [0.15, 0.2) is 0 Å². The molecule has 0 aliphatic carbocycles. The van der Waals surface area contributed by atoms with E-state index in [2.05, 4.69) is 20.9 Å². The van der Waals surface area contributed by atoms with Crippen molar-refractivity contribution < 1.29 is 0 Å². The predicted octanol–water partition coefficient (Wildman–Crippen LogP) is 3.47. The number of rotatable bonds is 0. The molecule has 12 heavy (non-hydrogen) atoms. The van der Waals surface area contributed by atoms with Crippen molar-refractivity contribution in [3.8, 4) is 0 Å². The number of thiophene rings is 1. The van der Waals surface area contributed by atoms with Gasteiger partial charge in [-0.3, -0.25) is 9.41 Å². The summed E-state index contributed by atoms with van der Waals surface area (Å²) in [5.74, 6) is 0. The molecule has 0 saturated carbocycles. The Bertz CT molecular complexity index is 349. The summed E-state index contributed by atoms with van der Waals surface area (Å²) in [6.45, 7) is 0.461. The van der Waals surface area contributed by atoms with Crippen molar-refractivity contribution in [3.63, 3.8) is 0 Å². The number of anilines is 1. The van der Waals surface area contributed by atoms with Crippen molar-refractivity contribution in [2.75, 3.05) is 11.1 Å². The van der Waals surface area contributed by atoms with Gasteiger partial charge in [-0.25, -0.2) is 0 Å². The van der Waals surface area contributed by atoms with Gasteiger partial charge >= 0.3 is 0 Å². The Hall–Kier alpha value is 0.230. The molecule has 0 radical (unpaired) electrons. The maximum atomic E-state index is 5.88. The van der Waals surface area contributed by atoms with E-state index >= 15 is 0 Å². The largest absolute Gasteiger partial charge is 0.262 e. The third-order valence-electron chi connectivity index (χ3n) is 1.46. The number of halogens is 3. The standard InChI is InChI=1S/C6H3BrCl2N2S/c7-6-5-3(1-4(8)12-5)11(9)2-10-6/h1H,2H2. The fourth-order valence-corrected chi connectivity index (χ4v) is 2.87. The highest BCUT2D eigenvalue weighted by Crippen LogP contribution is 2.38. The number of hydrogen-bond donors (Lipinski definition) is 0. The van der Waals surface area contributed by atoms with Crippen LogP contribution in [-0.2, 0) is 0 Å². The molecule has 0 unspecified atom stereocenters. The van der Waals surface area contributed by atoms with Crippen molar-refractivity contribution in [1.82, 2.24) is 0 Å². The molecule has 6 heteroatoms. The summed E-state index contributed by atoms with van der Waals surface area (Å²) in [5, 5.41) is 0. The molecule has 2 nitrogen and oxygen atoms in total. The lowest BCUT2D eigenvalue weighted by atomic mass is 10.4. The first-order chi connectivity index (χ1) is 5.68. The summed E-state index contributed by atoms with van der Waals surface area (Å²) in [7, 11) is 0. The summed E-state index contributed by atoms with van der Waals surface area (Å²) < 4.78 is 3.09. The first-order valence-electron chi connectivity index (χ1n) is 3.11. The van der Waals surface area contributed by atoms with Crippen LogP contribution in [0.1, 0.15) is 4.88 Å². The molecule has 1 aliphatic rings. The third-order valence-corrected chi connectivity index (χ3v) is 3.92. The molecule has 0 bridgehead atoms. The van der Waals surface area contributed by atoms with Crippen molar-refractivity contribution in [3.05, 3.63) is 15.3 Å². The molecule has 1 aliphatic heterocycles. The Balaban J connectivity index is 2.57. The summed E-state index contributed by atoms with van der Waals surface area (Å²) in [6, 6.07) is 1.84. The van der Waals surface area contributed by atoms with E-state index in [1.54, 1.807) is 4.42 Å². The van der Waals surface area contributed by atoms with Crippen LogP contribution in [0, 0.1) is 0 Å². The van der Waals surface area contributed by atoms with Gasteiger partial charge in [-0.15, -0.1) is 11.3 Å². The van der Waals surface area contributed by atoms with E-state index < -0.39 is 0 Å². The average Bonchev–Trinajstić information content (AvgIpc) is 2.41. The predicted molar refractivity (Wildman–Crippen MR) is 58.0 cm³/mol. The van der Waals surface area contributed by atoms with Crippen LogP contribution in [0.25, 0.3) is 0 Å². The first kappa shape index (κ1) is 8.81. The molecule has 0 atom stereocenters. The second kappa shape index (κ2) is 3.18. The van der Waals surface area contributed by atoms with Gasteiger partial charge in [0.25, 0.3) is 0 Å². The van der Waals surface area contributed by atoms with Crippen LogP contribution in [0.4, 0.5) is 5.69 Å². The zero-order chi connectivity index (χ0) is 8.72. The molecular formula is C6H3BrCl2N2S. The van der Waals surface area contributed by atoms with Crippen LogP contribution in [0.2, 0.25) is 4.34 Å². The van der Waals surface area contributed by atoms with Crippen molar-refractivity contribution in [2.24, 2.45) is 4.99 Å². The quantitative estimate of drug-likeness (QED) is 0.667. The zero-order valence-electron chi connectivity index (χ0n) is 5.72. The molecule has 1 aromatic rings. The topological polar surface area (TPSA) is 15.6 Å². The minimum Gasteiger partial charge on any atom is -0.262 e. The fraction of sp³-hybridized carbons (Fsp3) is 0.167. The van der Waals surface area contributed by atoms with Crippen LogP contribution < -0.4 is 4.42 Å². The minimum atomic E-state index is 0.461. The zero-order valence-corrected chi connectivity index (χ0v) is 9.64. The highest BCUT2D eigenvalue weighted by molar-refractivity contribution is 9.18. The number of hydrogen-bond acceptors (Lipinski definition) is 3. The van der Waals surface area contributed by atoms with Gasteiger partial charge in [-0.1, -0.05) is 11.6 Å². The molecule has 0 N–H and O–H groups in total. The Kier molecular flexibility index (Phi) is 2.33. The first-order valence-corrected chi connectivity index (χ1v) is 5.44. The summed E-state index contributed by atoms with van der Waals surface area (Å²) in [5.41, 5.74) is 0.925. The highest BCUT2D eigenvalue weighted by Gasteiger charge is 2.20. The summed E-state index contributed by atoms with van der Waals surface area (Å²) in [4.78, 5) is 5.13. The molecule has 2 rings (SSSR count). The average molecular weight is 286 g/mol. The van der Waals surface area contributed by atoms with Crippen LogP contribution >= 0.6 is 50.6 Å². The monoisotopic (exact) mass is 284 g/mol. The van der Waals surface area contributed by atoms with Crippen LogP contribution in [0.15, 0.2) is 11.1 Å². The highest BCUT2D eigenvalue weighted by atomic mass is 79.9.